The summed E-state index contributed by atoms with van der Waals surface area (Å²) >= 11 is 0. The van der Waals surface area contributed by atoms with E-state index >= 15 is 0 Å². The first-order valence-corrected chi connectivity index (χ1v) is 9.48. The molecule has 0 atom stereocenters. The third kappa shape index (κ3) is 3.92. The molecule has 1 amide bonds. The highest BCUT2D eigenvalue weighted by molar-refractivity contribution is 7.92. The van der Waals surface area contributed by atoms with Gasteiger partial charge in [-0.1, -0.05) is 55.1 Å². The van der Waals surface area contributed by atoms with E-state index in [4.69, 9.17) is 0 Å². The molecule has 3 aromatic carbocycles. The van der Waals surface area contributed by atoms with Gasteiger partial charge in [0, 0.05) is 12.2 Å². The molecule has 0 radical (unpaired) electrons. The van der Waals surface area contributed by atoms with Crippen molar-refractivity contribution in [3.63, 3.8) is 0 Å². The fraction of sp³-hybridized carbons (Fsp3) is 0.0500. The Hall–Kier alpha value is -3.12. The fourth-order valence-corrected chi connectivity index (χ4v) is 3.92. The molecule has 5 nitrogen and oxygen atoms in total. The number of nitrogens with one attached hydrogen (secondary N) is 2. The average molecular weight is 366 g/mol. The standard InChI is InChI=1S/C20H18N2O3S/c1-2-20(23)21-14-17-9-5-6-10-19(17)26(24,25)22-18-12-11-15-7-3-4-8-16(15)13-18/h2-13,22H,1,14H2,(H,21,23). The molecule has 0 aromatic heterocycles. The molecule has 3 rings (SSSR count). The van der Waals surface area contributed by atoms with Crippen LogP contribution in [-0.4, -0.2) is 14.3 Å². The van der Waals surface area contributed by atoms with E-state index in [1.807, 2.05) is 30.3 Å². The minimum Gasteiger partial charge on any atom is -0.348 e. The predicted molar refractivity (Wildman–Crippen MR) is 103 cm³/mol. The zero-order valence-electron chi connectivity index (χ0n) is 14.0. The van der Waals surface area contributed by atoms with Gasteiger partial charge in [-0.05, 0) is 40.6 Å². The second kappa shape index (κ2) is 7.41. The van der Waals surface area contributed by atoms with Crippen molar-refractivity contribution in [3.8, 4) is 0 Å². The van der Waals surface area contributed by atoms with E-state index < -0.39 is 10.0 Å². The number of carbonyl (C=O) groups excluding carboxylic acids is 1. The van der Waals surface area contributed by atoms with Gasteiger partial charge in [0.15, 0.2) is 0 Å². The largest absolute Gasteiger partial charge is 0.348 e. The van der Waals surface area contributed by atoms with Crippen LogP contribution in [0.5, 0.6) is 0 Å². The summed E-state index contributed by atoms with van der Waals surface area (Å²) < 4.78 is 28.3. The van der Waals surface area contributed by atoms with Crippen LogP contribution in [-0.2, 0) is 21.4 Å². The van der Waals surface area contributed by atoms with Crippen molar-refractivity contribution in [2.24, 2.45) is 0 Å². The molecule has 0 aliphatic rings. The van der Waals surface area contributed by atoms with E-state index in [-0.39, 0.29) is 17.3 Å². The van der Waals surface area contributed by atoms with Gasteiger partial charge in [0.25, 0.3) is 10.0 Å². The lowest BCUT2D eigenvalue weighted by atomic mass is 10.1. The van der Waals surface area contributed by atoms with Crippen LogP contribution in [0.15, 0.2) is 84.3 Å². The maximum atomic E-state index is 12.8. The van der Waals surface area contributed by atoms with Crippen molar-refractivity contribution in [2.45, 2.75) is 11.4 Å². The van der Waals surface area contributed by atoms with Gasteiger partial charge in [0.2, 0.25) is 5.91 Å². The summed E-state index contributed by atoms with van der Waals surface area (Å²) in [6.07, 6.45) is 1.14. The van der Waals surface area contributed by atoms with Crippen LogP contribution < -0.4 is 10.0 Å². The Morgan fingerprint density at radius 2 is 1.65 bits per heavy atom. The first-order chi connectivity index (χ1) is 12.5. The number of benzene rings is 3. The van der Waals surface area contributed by atoms with Crippen LogP contribution in [0.25, 0.3) is 10.8 Å². The highest BCUT2D eigenvalue weighted by atomic mass is 32.2. The first-order valence-electron chi connectivity index (χ1n) is 7.99. The normalized spacial score (nSPS) is 11.1. The lowest BCUT2D eigenvalue weighted by molar-refractivity contribution is -0.116. The van der Waals surface area contributed by atoms with Gasteiger partial charge in [-0.3, -0.25) is 9.52 Å². The minimum atomic E-state index is -3.79. The molecule has 26 heavy (non-hydrogen) atoms. The van der Waals surface area contributed by atoms with Crippen LogP contribution in [0.2, 0.25) is 0 Å². The molecule has 2 N–H and O–H groups in total. The van der Waals surface area contributed by atoms with E-state index in [0.717, 1.165) is 16.8 Å². The van der Waals surface area contributed by atoms with Crippen molar-refractivity contribution in [1.29, 1.82) is 0 Å². The van der Waals surface area contributed by atoms with Gasteiger partial charge in [-0.25, -0.2) is 8.42 Å². The number of sulfonamides is 1. The van der Waals surface area contributed by atoms with Crippen LogP contribution >= 0.6 is 0 Å². The molecule has 0 saturated heterocycles. The number of amides is 1. The summed E-state index contributed by atoms with van der Waals surface area (Å²) in [6, 6.07) is 19.6. The van der Waals surface area contributed by atoms with Gasteiger partial charge in [-0.2, -0.15) is 0 Å². The van der Waals surface area contributed by atoms with Crippen LogP contribution in [0.1, 0.15) is 5.56 Å². The van der Waals surface area contributed by atoms with Gasteiger partial charge >= 0.3 is 0 Å². The van der Waals surface area contributed by atoms with E-state index in [0.29, 0.717) is 11.3 Å². The van der Waals surface area contributed by atoms with Crippen molar-refractivity contribution >= 4 is 32.4 Å². The Morgan fingerprint density at radius 1 is 0.962 bits per heavy atom. The van der Waals surface area contributed by atoms with Crippen molar-refractivity contribution in [3.05, 3.63) is 84.9 Å². The second-order valence-electron chi connectivity index (χ2n) is 5.70. The first kappa shape index (κ1) is 17.7. The zero-order chi connectivity index (χ0) is 18.6. The molecule has 132 valence electrons. The quantitative estimate of drug-likeness (QED) is 0.656. The Labute approximate surface area is 152 Å². The van der Waals surface area contributed by atoms with Crippen molar-refractivity contribution in [1.82, 2.24) is 5.32 Å². The lowest BCUT2D eigenvalue weighted by Crippen LogP contribution is -2.22. The molecule has 6 heteroatoms. The van der Waals surface area contributed by atoms with Crippen LogP contribution in [0, 0.1) is 0 Å². The SMILES string of the molecule is C=CC(=O)NCc1ccccc1S(=O)(=O)Nc1ccc2ccccc2c1. The Morgan fingerprint density at radius 3 is 2.42 bits per heavy atom. The monoisotopic (exact) mass is 366 g/mol. The van der Waals surface area contributed by atoms with Gasteiger partial charge in [0.1, 0.15) is 0 Å². The zero-order valence-corrected chi connectivity index (χ0v) is 14.8. The van der Waals surface area contributed by atoms with Crippen molar-refractivity contribution in [2.75, 3.05) is 4.72 Å². The summed E-state index contributed by atoms with van der Waals surface area (Å²) in [5.41, 5.74) is 0.976. The maximum absolute atomic E-state index is 12.8. The summed E-state index contributed by atoms with van der Waals surface area (Å²) in [4.78, 5) is 11.5. The molecule has 0 aliphatic carbocycles. The highest BCUT2D eigenvalue weighted by Crippen LogP contribution is 2.23. The van der Waals surface area contributed by atoms with E-state index in [9.17, 15) is 13.2 Å². The number of rotatable bonds is 6. The van der Waals surface area contributed by atoms with E-state index in [1.165, 1.54) is 6.07 Å². The number of hydrogen-bond donors (Lipinski definition) is 2. The summed E-state index contributed by atoms with van der Waals surface area (Å²) in [5.74, 6) is -0.361. The molecule has 0 fully saturated rings. The minimum absolute atomic E-state index is 0.0969. The third-order valence-electron chi connectivity index (χ3n) is 3.90. The predicted octanol–water partition coefficient (Wildman–Crippen LogP) is 3.44. The molecule has 0 spiro atoms. The summed E-state index contributed by atoms with van der Waals surface area (Å²) in [5, 5.41) is 4.57. The molecule has 0 bridgehead atoms. The lowest BCUT2D eigenvalue weighted by Gasteiger charge is -2.13. The molecule has 0 heterocycles. The second-order valence-corrected chi connectivity index (χ2v) is 7.35. The van der Waals surface area contributed by atoms with Crippen LogP contribution in [0.4, 0.5) is 5.69 Å². The number of fused-ring (bicyclic) bond motifs is 1. The molecule has 3 aromatic rings. The molecular weight excluding hydrogens is 348 g/mol. The molecular formula is C20H18N2O3S. The highest BCUT2D eigenvalue weighted by Gasteiger charge is 2.18. The third-order valence-corrected chi connectivity index (χ3v) is 5.38. The molecule has 0 unspecified atom stereocenters. The Bertz CT molecular complexity index is 1080. The average Bonchev–Trinajstić information content (AvgIpc) is 2.66. The van der Waals surface area contributed by atoms with E-state index in [1.54, 1.807) is 30.3 Å². The smallest absolute Gasteiger partial charge is 0.262 e. The summed E-state index contributed by atoms with van der Waals surface area (Å²) in [7, 11) is -3.79. The molecule has 0 aliphatic heterocycles. The van der Waals surface area contributed by atoms with E-state index in [2.05, 4.69) is 16.6 Å². The van der Waals surface area contributed by atoms with Gasteiger partial charge < -0.3 is 5.32 Å². The fourth-order valence-electron chi connectivity index (χ4n) is 2.63. The van der Waals surface area contributed by atoms with Gasteiger partial charge in [0.05, 0.1) is 4.90 Å². The molecule has 0 saturated carbocycles. The topological polar surface area (TPSA) is 75.3 Å². The number of anilines is 1. The van der Waals surface area contributed by atoms with Crippen molar-refractivity contribution < 1.29 is 13.2 Å². The number of carbonyl (C=O) groups is 1. The number of hydrogen-bond acceptors (Lipinski definition) is 3. The summed E-state index contributed by atoms with van der Waals surface area (Å²) in [6.45, 7) is 3.48. The van der Waals surface area contributed by atoms with Gasteiger partial charge in [-0.15, -0.1) is 0 Å². The maximum Gasteiger partial charge on any atom is 0.262 e. The van der Waals surface area contributed by atoms with Crippen LogP contribution in [0.3, 0.4) is 0 Å². The Balaban J connectivity index is 1.89. The Kier molecular flexibility index (Phi) is 5.04.